The number of hydrogen-bond acceptors (Lipinski definition) is 6. The first-order valence-electron chi connectivity index (χ1n) is 14.8. The fourth-order valence-corrected chi connectivity index (χ4v) is 7.48. The molecule has 42 heavy (non-hydrogen) atoms. The van der Waals surface area contributed by atoms with Crippen molar-refractivity contribution in [3.63, 3.8) is 0 Å². The number of ketones is 1. The van der Waals surface area contributed by atoms with E-state index < -0.39 is 29.4 Å². The molecule has 1 amide bonds. The molecule has 1 saturated carbocycles. The quantitative estimate of drug-likeness (QED) is 0.355. The van der Waals surface area contributed by atoms with E-state index in [0.717, 1.165) is 41.5 Å². The first-order chi connectivity index (χ1) is 20.3. The molecule has 2 fully saturated rings. The predicted octanol–water partition coefficient (Wildman–Crippen LogP) is 6.21. The van der Waals surface area contributed by atoms with Gasteiger partial charge in [-0.1, -0.05) is 60.6 Å². The summed E-state index contributed by atoms with van der Waals surface area (Å²) < 4.78 is 21.3. The predicted molar refractivity (Wildman–Crippen MR) is 158 cm³/mol. The maximum Gasteiger partial charge on any atom is 0.310 e. The summed E-state index contributed by atoms with van der Waals surface area (Å²) in [5.74, 6) is -2.30. The molecular weight excluding hydrogens is 555 g/mol. The molecule has 1 N–H and O–H groups in total. The molecule has 0 bridgehead atoms. The van der Waals surface area contributed by atoms with Gasteiger partial charge >= 0.3 is 5.97 Å². The van der Waals surface area contributed by atoms with E-state index in [4.69, 9.17) is 4.74 Å². The van der Waals surface area contributed by atoms with Crippen LogP contribution in [0.25, 0.3) is 10.2 Å². The van der Waals surface area contributed by atoms with E-state index in [2.05, 4.69) is 4.98 Å². The van der Waals surface area contributed by atoms with Crippen molar-refractivity contribution in [2.24, 2.45) is 17.3 Å². The smallest absolute Gasteiger partial charge is 0.310 e. The minimum absolute atomic E-state index is 0.117. The number of hydrogen-bond donors (Lipinski definition) is 1. The van der Waals surface area contributed by atoms with Crippen LogP contribution in [0.15, 0.2) is 60.7 Å². The van der Waals surface area contributed by atoms with Gasteiger partial charge in [0.05, 0.1) is 28.2 Å². The number of allylic oxidation sites excluding steroid dienone is 2. The number of carboxylic acid groups (broad SMARTS) is 1. The Labute approximate surface area is 248 Å². The molecule has 2 aliphatic heterocycles. The monoisotopic (exact) mass is 590 g/mol. The first-order valence-corrected chi connectivity index (χ1v) is 15.6. The van der Waals surface area contributed by atoms with Gasteiger partial charge in [0.2, 0.25) is 5.91 Å². The number of aliphatic carboxylic acids is 1. The summed E-state index contributed by atoms with van der Waals surface area (Å²) in [6.45, 7) is 0.216. The van der Waals surface area contributed by atoms with Gasteiger partial charge < -0.3 is 14.7 Å². The van der Waals surface area contributed by atoms with Gasteiger partial charge in [0, 0.05) is 18.8 Å². The van der Waals surface area contributed by atoms with Gasteiger partial charge in [0.1, 0.15) is 11.9 Å². The summed E-state index contributed by atoms with van der Waals surface area (Å²) in [5, 5.41) is 10.6. The zero-order valence-corrected chi connectivity index (χ0v) is 24.2. The Morgan fingerprint density at radius 2 is 2.00 bits per heavy atom. The molecule has 2 aromatic carbocycles. The number of thiazole rings is 1. The van der Waals surface area contributed by atoms with Crippen LogP contribution in [0.4, 0.5) is 4.39 Å². The highest BCUT2D eigenvalue weighted by atomic mass is 32.1. The average Bonchev–Trinajstić information content (AvgIpc) is 3.28. The lowest BCUT2D eigenvalue weighted by Crippen LogP contribution is -2.45. The topological polar surface area (TPSA) is 96.8 Å². The molecule has 6 rings (SSSR count). The highest BCUT2D eigenvalue weighted by molar-refractivity contribution is 7.20. The maximum absolute atomic E-state index is 14.2. The van der Waals surface area contributed by atoms with E-state index in [-0.39, 0.29) is 42.8 Å². The van der Waals surface area contributed by atoms with E-state index in [1.54, 1.807) is 11.0 Å². The molecule has 0 unspecified atom stereocenters. The second-order valence-electron chi connectivity index (χ2n) is 11.9. The maximum atomic E-state index is 14.2. The molecule has 5 atom stereocenters. The van der Waals surface area contributed by atoms with Crippen LogP contribution in [-0.4, -0.2) is 51.3 Å². The molecule has 3 heterocycles. The van der Waals surface area contributed by atoms with Crippen LogP contribution in [0.1, 0.15) is 56.9 Å². The second-order valence-corrected chi connectivity index (χ2v) is 12.9. The number of carboxylic acids is 1. The van der Waals surface area contributed by atoms with Gasteiger partial charge in [-0.25, -0.2) is 9.37 Å². The standard InChI is InChI=1S/C33H35FN2O5S/c34-24-12-8-9-21(16-24)15-22-10-4-2-1-3-5-11-23-18-33(23,31(39)40)19-28(37)27-17-25(20-36(27)30(22)38)41-32-35-26-13-6-7-14-29(26)42-32/h5-9,11-14,16,22-23,25,27H,1-4,10,15,17-20H2,(H,39,40)/b11-5-/t22-,23+,25-,27+,33-/m1/s1. The van der Waals surface area contributed by atoms with Crippen molar-refractivity contribution in [3.05, 3.63) is 72.1 Å². The van der Waals surface area contributed by atoms with Gasteiger partial charge in [-0.3, -0.25) is 14.4 Å². The summed E-state index contributed by atoms with van der Waals surface area (Å²) >= 11 is 1.42. The number of rotatable bonds is 5. The average molecular weight is 591 g/mol. The molecule has 3 aliphatic rings. The highest BCUT2D eigenvalue weighted by Gasteiger charge is 2.61. The summed E-state index contributed by atoms with van der Waals surface area (Å²) in [6, 6.07) is 13.3. The summed E-state index contributed by atoms with van der Waals surface area (Å²) in [6.07, 6.45) is 8.68. The van der Waals surface area contributed by atoms with Crippen molar-refractivity contribution >= 4 is 39.2 Å². The van der Waals surface area contributed by atoms with Crippen LogP contribution in [0.3, 0.4) is 0 Å². The third-order valence-corrected chi connectivity index (χ3v) is 9.95. The van der Waals surface area contributed by atoms with E-state index in [0.29, 0.717) is 24.5 Å². The lowest BCUT2D eigenvalue weighted by Gasteiger charge is -2.29. The number of aromatic nitrogens is 1. The number of halogens is 1. The van der Waals surface area contributed by atoms with Crippen molar-refractivity contribution in [1.82, 2.24) is 9.88 Å². The van der Waals surface area contributed by atoms with Crippen LogP contribution in [0.5, 0.6) is 5.19 Å². The number of ether oxygens (including phenoxy) is 1. The Kier molecular flexibility index (Phi) is 8.12. The Hall–Kier alpha value is -3.59. The van der Waals surface area contributed by atoms with E-state index in [1.165, 1.54) is 23.5 Å². The zero-order valence-electron chi connectivity index (χ0n) is 23.4. The number of para-hydroxylation sites is 1. The number of carbonyl (C=O) groups excluding carboxylic acids is 2. The van der Waals surface area contributed by atoms with Crippen molar-refractivity contribution in [1.29, 1.82) is 0 Å². The molecule has 0 spiro atoms. The minimum Gasteiger partial charge on any atom is -0.481 e. The van der Waals surface area contributed by atoms with Gasteiger partial charge in [-0.15, -0.1) is 0 Å². The molecule has 3 aromatic rings. The van der Waals surface area contributed by atoms with Crippen molar-refractivity contribution in [2.75, 3.05) is 6.54 Å². The largest absolute Gasteiger partial charge is 0.481 e. The van der Waals surface area contributed by atoms with Gasteiger partial charge in [0.25, 0.3) is 5.19 Å². The van der Waals surface area contributed by atoms with Gasteiger partial charge in [-0.2, -0.15) is 0 Å². The van der Waals surface area contributed by atoms with Crippen molar-refractivity contribution in [2.45, 2.75) is 69.9 Å². The number of Topliss-reactive ketones (excluding diaryl/α,β-unsaturated/α-hetero) is 1. The summed E-state index contributed by atoms with van der Waals surface area (Å²) in [7, 11) is 0. The number of fused-ring (bicyclic) bond motifs is 3. The van der Waals surface area contributed by atoms with E-state index >= 15 is 0 Å². The third-order valence-electron chi connectivity index (χ3n) is 9.02. The van der Waals surface area contributed by atoms with Crippen molar-refractivity contribution < 1.29 is 28.6 Å². The van der Waals surface area contributed by atoms with Crippen LogP contribution in [0.2, 0.25) is 0 Å². The molecule has 1 saturated heterocycles. The molecule has 0 radical (unpaired) electrons. The Balaban J connectivity index is 1.29. The lowest BCUT2D eigenvalue weighted by molar-refractivity contribution is -0.147. The second kappa shape index (κ2) is 12.0. The molecule has 1 aliphatic carbocycles. The van der Waals surface area contributed by atoms with E-state index in [9.17, 15) is 23.9 Å². The van der Waals surface area contributed by atoms with E-state index in [1.807, 2.05) is 42.5 Å². The van der Waals surface area contributed by atoms with Crippen molar-refractivity contribution in [3.8, 4) is 5.19 Å². The summed E-state index contributed by atoms with van der Waals surface area (Å²) in [4.78, 5) is 46.7. The van der Waals surface area contributed by atoms with Crippen LogP contribution >= 0.6 is 11.3 Å². The molecule has 9 heteroatoms. The SMILES string of the molecule is O=C1C[C@]2(C(=O)O)C[C@@H]2/C=C\CCCCC[C@H](Cc2cccc(F)c2)C(=O)N2C[C@H](Oc3nc4ccccc4s3)C[C@@H]12. The molecule has 220 valence electrons. The minimum atomic E-state index is -1.12. The fraction of sp³-hybridized carbons (Fsp3) is 0.455. The Bertz CT molecular complexity index is 1490. The number of carbonyl (C=O) groups is 3. The van der Waals surface area contributed by atoms with Gasteiger partial charge in [-0.05, 0) is 67.9 Å². The van der Waals surface area contributed by atoms with Crippen LogP contribution in [0, 0.1) is 23.1 Å². The molecule has 7 nitrogen and oxygen atoms in total. The van der Waals surface area contributed by atoms with Crippen LogP contribution < -0.4 is 4.74 Å². The highest BCUT2D eigenvalue weighted by Crippen LogP contribution is 2.57. The van der Waals surface area contributed by atoms with Crippen LogP contribution in [-0.2, 0) is 20.8 Å². The van der Waals surface area contributed by atoms with Gasteiger partial charge in [0.15, 0.2) is 5.78 Å². The summed E-state index contributed by atoms with van der Waals surface area (Å²) in [5.41, 5.74) is 0.447. The first kappa shape index (κ1) is 28.5. The third kappa shape index (κ3) is 5.98. The number of amides is 1. The lowest BCUT2D eigenvalue weighted by atomic mass is 9.90. The Morgan fingerprint density at radius 3 is 2.81 bits per heavy atom. The Morgan fingerprint density at radius 1 is 1.14 bits per heavy atom. The number of nitrogens with zero attached hydrogens (tertiary/aromatic N) is 2. The molecule has 1 aromatic heterocycles. The fourth-order valence-electron chi connectivity index (χ4n) is 6.60. The number of benzene rings is 2. The molecular formula is C33H35FN2O5S. The normalized spacial score (nSPS) is 29.3. The zero-order chi connectivity index (χ0) is 29.3.